The van der Waals surface area contributed by atoms with Gasteiger partial charge in [0.05, 0.1) is 12.1 Å². The molecule has 1 aliphatic rings. The van der Waals surface area contributed by atoms with Crippen molar-refractivity contribution < 1.29 is 19.1 Å². The molecule has 25 heavy (non-hydrogen) atoms. The molecule has 6 nitrogen and oxygen atoms in total. The molecule has 1 aliphatic heterocycles. The quantitative estimate of drug-likeness (QED) is 0.903. The van der Waals surface area contributed by atoms with Crippen molar-refractivity contribution in [1.82, 2.24) is 9.88 Å². The highest BCUT2D eigenvalue weighted by Crippen LogP contribution is 2.23. The molecule has 0 spiro atoms. The van der Waals surface area contributed by atoms with Crippen LogP contribution in [0.15, 0.2) is 40.9 Å². The van der Waals surface area contributed by atoms with Gasteiger partial charge >= 0.3 is 5.97 Å². The molecule has 2 unspecified atom stereocenters. The van der Waals surface area contributed by atoms with E-state index in [-0.39, 0.29) is 18.2 Å². The lowest BCUT2D eigenvalue weighted by molar-refractivity contribution is -0.146. The summed E-state index contributed by atoms with van der Waals surface area (Å²) in [5, 5.41) is 9.21. The fraction of sp³-hybridized carbons (Fsp3) is 0.421. The maximum Gasteiger partial charge on any atom is 0.308 e. The number of aryl methyl sites for hydroxylation is 1. The van der Waals surface area contributed by atoms with Crippen molar-refractivity contribution in [2.24, 2.45) is 11.8 Å². The Kier molecular flexibility index (Phi) is 5.16. The van der Waals surface area contributed by atoms with Gasteiger partial charge in [0.1, 0.15) is 0 Å². The molecule has 1 aromatic heterocycles. The Bertz CT molecular complexity index is 741. The lowest BCUT2D eigenvalue weighted by Crippen LogP contribution is -2.45. The molecule has 0 bridgehead atoms. The van der Waals surface area contributed by atoms with Crippen molar-refractivity contribution in [3.63, 3.8) is 0 Å². The summed E-state index contributed by atoms with van der Waals surface area (Å²) in [6, 6.07) is 9.67. The Morgan fingerprint density at radius 2 is 2.04 bits per heavy atom. The summed E-state index contributed by atoms with van der Waals surface area (Å²) in [5.74, 6) is 0.0544. The zero-order chi connectivity index (χ0) is 17.8. The molecule has 1 aromatic carbocycles. The minimum absolute atomic E-state index is 0.0442. The molecule has 3 rings (SSSR count). The van der Waals surface area contributed by atoms with Gasteiger partial charge in [-0.25, -0.2) is 4.98 Å². The highest BCUT2D eigenvalue weighted by Gasteiger charge is 2.31. The second kappa shape index (κ2) is 7.51. The van der Waals surface area contributed by atoms with Crippen molar-refractivity contribution in [3.05, 3.63) is 42.4 Å². The molecule has 2 atom stereocenters. The normalized spacial score (nSPS) is 20.4. The maximum atomic E-state index is 12.4. The maximum absolute atomic E-state index is 12.4. The van der Waals surface area contributed by atoms with Gasteiger partial charge in [-0.1, -0.05) is 37.3 Å². The summed E-state index contributed by atoms with van der Waals surface area (Å²) >= 11 is 0. The fourth-order valence-corrected chi connectivity index (χ4v) is 3.27. The molecular formula is C19H22N2O4. The van der Waals surface area contributed by atoms with E-state index in [4.69, 9.17) is 4.42 Å². The molecular weight excluding hydrogens is 320 g/mol. The minimum Gasteiger partial charge on any atom is -0.481 e. The van der Waals surface area contributed by atoms with E-state index in [2.05, 4.69) is 4.98 Å². The Morgan fingerprint density at radius 3 is 2.76 bits per heavy atom. The van der Waals surface area contributed by atoms with E-state index in [1.165, 1.54) is 0 Å². The number of carboxylic acid groups (broad SMARTS) is 1. The number of oxazole rings is 1. The van der Waals surface area contributed by atoms with E-state index < -0.39 is 11.9 Å². The smallest absolute Gasteiger partial charge is 0.308 e. The number of hydrogen-bond donors (Lipinski definition) is 1. The summed E-state index contributed by atoms with van der Waals surface area (Å²) in [5.41, 5.74) is 0.946. The van der Waals surface area contributed by atoms with Gasteiger partial charge in [0.2, 0.25) is 5.91 Å². The van der Waals surface area contributed by atoms with Crippen molar-refractivity contribution in [2.75, 3.05) is 13.1 Å². The van der Waals surface area contributed by atoms with Crippen LogP contribution < -0.4 is 0 Å². The third-order valence-corrected chi connectivity index (χ3v) is 4.53. The first kappa shape index (κ1) is 17.2. The third-order valence-electron chi connectivity index (χ3n) is 4.53. The first-order chi connectivity index (χ1) is 12.0. The van der Waals surface area contributed by atoms with Crippen LogP contribution in [0, 0.1) is 11.8 Å². The van der Waals surface area contributed by atoms with E-state index in [1.807, 2.05) is 37.3 Å². The van der Waals surface area contributed by atoms with Crippen molar-refractivity contribution in [3.8, 4) is 11.3 Å². The number of hydrogen-bond acceptors (Lipinski definition) is 4. The number of aromatic nitrogens is 1. The molecule has 1 fully saturated rings. The van der Waals surface area contributed by atoms with Gasteiger partial charge in [-0.05, 0) is 12.3 Å². The molecule has 2 heterocycles. The number of likely N-dealkylation sites (tertiary alicyclic amines) is 1. The summed E-state index contributed by atoms with van der Waals surface area (Å²) in [7, 11) is 0. The van der Waals surface area contributed by atoms with E-state index in [1.54, 1.807) is 11.1 Å². The first-order valence-corrected chi connectivity index (χ1v) is 8.53. The van der Waals surface area contributed by atoms with Crippen LogP contribution in [0.3, 0.4) is 0 Å². The summed E-state index contributed by atoms with van der Waals surface area (Å²) in [4.78, 5) is 29.5. The third kappa shape index (κ3) is 4.26. The minimum atomic E-state index is -0.829. The van der Waals surface area contributed by atoms with Crippen LogP contribution in [0.25, 0.3) is 11.3 Å². The molecule has 1 N–H and O–H groups in total. The molecule has 6 heteroatoms. The van der Waals surface area contributed by atoms with Crippen LogP contribution in [0.2, 0.25) is 0 Å². The second-order valence-electron chi connectivity index (χ2n) is 6.66. The Hall–Kier alpha value is -2.63. The summed E-state index contributed by atoms with van der Waals surface area (Å²) < 4.78 is 5.71. The van der Waals surface area contributed by atoms with Crippen molar-refractivity contribution in [2.45, 2.75) is 26.2 Å². The average Bonchev–Trinajstić information content (AvgIpc) is 3.09. The number of aliphatic carboxylic acids is 1. The monoisotopic (exact) mass is 342 g/mol. The van der Waals surface area contributed by atoms with Gasteiger partial charge in [0.25, 0.3) is 0 Å². The van der Waals surface area contributed by atoms with Gasteiger partial charge in [0, 0.05) is 31.5 Å². The van der Waals surface area contributed by atoms with E-state index >= 15 is 0 Å². The number of carbonyl (C=O) groups excluding carboxylic acids is 1. The molecule has 132 valence electrons. The molecule has 1 amide bonds. The predicted molar refractivity (Wildman–Crippen MR) is 91.7 cm³/mol. The predicted octanol–water partition coefficient (Wildman–Crippen LogP) is 2.84. The molecule has 1 saturated heterocycles. The van der Waals surface area contributed by atoms with E-state index in [0.29, 0.717) is 37.6 Å². The van der Waals surface area contributed by atoms with E-state index in [9.17, 15) is 14.7 Å². The fourth-order valence-electron chi connectivity index (χ4n) is 3.27. The van der Waals surface area contributed by atoms with Crippen LogP contribution >= 0.6 is 0 Å². The summed E-state index contributed by atoms with van der Waals surface area (Å²) in [6.45, 7) is 2.89. The SMILES string of the molecule is CC1CC(C(=O)O)CN(C(=O)CCc2ncc(-c3ccccc3)o2)C1. The standard InChI is InChI=1S/C19H22N2O4/c1-13-9-15(19(23)24)12-21(11-13)18(22)8-7-17-20-10-16(25-17)14-5-3-2-4-6-14/h2-6,10,13,15H,7-9,11-12H2,1H3,(H,23,24). The molecule has 0 aliphatic carbocycles. The number of rotatable bonds is 5. The number of benzene rings is 1. The Labute approximate surface area is 146 Å². The average molecular weight is 342 g/mol. The lowest BCUT2D eigenvalue weighted by atomic mass is 9.90. The highest BCUT2D eigenvalue weighted by atomic mass is 16.4. The van der Waals surface area contributed by atoms with Gasteiger partial charge < -0.3 is 14.4 Å². The zero-order valence-electron chi connectivity index (χ0n) is 14.2. The largest absolute Gasteiger partial charge is 0.481 e. The zero-order valence-corrected chi connectivity index (χ0v) is 14.2. The summed E-state index contributed by atoms with van der Waals surface area (Å²) in [6.07, 6.45) is 2.97. The van der Waals surface area contributed by atoms with Crippen LogP contribution in [-0.4, -0.2) is 40.0 Å². The van der Waals surface area contributed by atoms with Gasteiger partial charge in [0.15, 0.2) is 11.7 Å². The molecule has 2 aromatic rings. The van der Waals surface area contributed by atoms with Crippen LogP contribution in [-0.2, 0) is 16.0 Å². The number of amides is 1. The Morgan fingerprint density at radius 1 is 1.28 bits per heavy atom. The topological polar surface area (TPSA) is 83.6 Å². The second-order valence-corrected chi connectivity index (χ2v) is 6.66. The van der Waals surface area contributed by atoms with E-state index in [0.717, 1.165) is 5.56 Å². The lowest BCUT2D eigenvalue weighted by Gasteiger charge is -2.34. The highest BCUT2D eigenvalue weighted by molar-refractivity contribution is 5.78. The van der Waals surface area contributed by atoms with Gasteiger partial charge in [-0.3, -0.25) is 9.59 Å². The van der Waals surface area contributed by atoms with Gasteiger partial charge in [-0.15, -0.1) is 0 Å². The van der Waals surface area contributed by atoms with Gasteiger partial charge in [-0.2, -0.15) is 0 Å². The molecule has 0 saturated carbocycles. The van der Waals surface area contributed by atoms with Crippen LogP contribution in [0.1, 0.15) is 25.7 Å². The van der Waals surface area contributed by atoms with Crippen molar-refractivity contribution >= 4 is 11.9 Å². The number of piperidine rings is 1. The number of nitrogens with zero attached hydrogens (tertiary/aromatic N) is 2. The van der Waals surface area contributed by atoms with Crippen LogP contribution in [0.4, 0.5) is 0 Å². The number of carboxylic acids is 1. The first-order valence-electron chi connectivity index (χ1n) is 8.53. The van der Waals surface area contributed by atoms with Crippen LogP contribution in [0.5, 0.6) is 0 Å². The molecule has 0 radical (unpaired) electrons. The van der Waals surface area contributed by atoms with Crippen molar-refractivity contribution in [1.29, 1.82) is 0 Å². The number of carbonyl (C=O) groups is 2. The Balaban J connectivity index is 1.57.